The fourth-order valence-electron chi connectivity index (χ4n) is 2.11. The Morgan fingerprint density at radius 1 is 1.14 bits per heavy atom. The van der Waals surface area contributed by atoms with E-state index in [1.165, 1.54) is 0 Å². The molecule has 1 aliphatic rings. The van der Waals surface area contributed by atoms with Crippen molar-refractivity contribution in [3.05, 3.63) is 0 Å². The number of Topliss-reactive ketones (excluding diaryl/α,β-unsaturated/α-hetero) is 1. The summed E-state index contributed by atoms with van der Waals surface area (Å²) < 4.78 is 0. The van der Waals surface area contributed by atoms with Crippen LogP contribution in [0.5, 0.6) is 0 Å². The summed E-state index contributed by atoms with van der Waals surface area (Å²) in [5.41, 5.74) is -0.998. The van der Waals surface area contributed by atoms with Gasteiger partial charge in [0.05, 0.1) is 0 Å². The minimum Gasteiger partial charge on any atom is -0.382 e. The number of rotatable bonds is 3. The molecule has 0 aromatic heterocycles. The van der Waals surface area contributed by atoms with Crippen LogP contribution < -0.4 is 0 Å². The smallest absolute Gasteiger partial charge is 0.167 e. The average Bonchev–Trinajstić information content (AvgIpc) is 2.16. The molecule has 0 spiro atoms. The SMILES string of the molecule is CC(C)C(C)C(=O)C1(O)CCCCC1. The second-order valence-electron chi connectivity index (χ2n) is 4.99. The number of hydrogen-bond acceptors (Lipinski definition) is 2. The van der Waals surface area contributed by atoms with E-state index in [0.717, 1.165) is 19.3 Å². The van der Waals surface area contributed by atoms with Gasteiger partial charge in [-0.3, -0.25) is 4.79 Å². The lowest BCUT2D eigenvalue weighted by atomic mass is 9.75. The molecule has 1 aliphatic carbocycles. The Kier molecular flexibility index (Phi) is 3.71. The largest absolute Gasteiger partial charge is 0.382 e. The fraction of sp³-hybridized carbons (Fsp3) is 0.917. The van der Waals surface area contributed by atoms with Crippen molar-refractivity contribution in [3.63, 3.8) is 0 Å². The number of carbonyl (C=O) groups excluding carboxylic acids is 1. The van der Waals surface area contributed by atoms with Gasteiger partial charge < -0.3 is 5.11 Å². The quantitative estimate of drug-likeness (QED) is 0.756. The lowest BCUT2D eigenvalue weighted by molar-refractivity contribution is -0.145. The van der Waals surface area contributed by atoms with E-state index in [0.29, 0.717) is 18.8 Å². The number of ketones is 1. The molecular formula is C12H22O2. The monoisotopic (exact) mass is 198 g/mol. The Morgan fingerprint density at radius 2 is 1.64 bits per heavy atom. The molecule has 1 atom stereocenters. The molecule has 0 heterocycles. The normalized spacial score (nSPS) is 23.5. The zero-order valence-corrected chi connectivity index (χ0v) is 9.55. The van der Waals surface area contributed by atoms with E-state index >= 15 is 0 Å². The van der Waals surface area contributed by atoms with Gasteiger partial charge in [-0.05, 0) is 18.8 Å². The van der Waals surface area contributed by atoms with E-state index in [1.54, 1.807) is 0 Å². The van der Waals surface area contributed by atoms with Crippen LogP contribution in [0.15, 0.2) is 0 Å². The van der Waals surface area contributed by atoms with Gasteiger partial charge in [-0.1, -0.05) is 40.0 Å². The van der Waals surface area contributed by atoms with Crippen LogP contribution in [-0.2, 0) is 4.79 Å². The van der Waals surface area contributed by atoms with E-state index < -0.39 is 5.60 Å². The Bertz CT molecular complexity index is 202. The van der Waals surface area contributed by atoms with Crippen molar-refractivity contribution >= 4 is 5.78 Å². The topological polar surface area (TPSA) is 37.3 Å². The molecule has 1 rings (SSSR count). The van der Waals surface area contributed by atoms with E-state index in [4.69, 9.17) is 0 Å². The molecule has 14 heavy (non-hydrogen) atoms. The first kappa shape index (κ1) is 11.7. The van der Waals surface area contributed by atoms with Gasteiger partial charge >= 0.3 is 0 Å². The highest BCUT2D eigenvalue weighted by Gasteiger charge is 2.39. The minimum absolute atomic E-state index is 0.0156. The second-order valence-corrected chi connectivity index (χ2v) is 4.99. The molecule has 0 aliphatic heterocycles. The van der Waals surface area contributed by atoms with Crippen molar-refractivity contribution in [1.29, 1.82) is 0 Å². The molecule has 0 amide bonds. The Hall–Kier alpha value is -0.370. The highest BCUT2D eigenvalue weighted by Crippen LogP contribution is 2.32. The van der Waals surface area contributed by atoms with E-state index in [9.17, 15) is 9.90 Å². The van der Waals surface area contributed by atoms with Crippen LogP contribution in [0.3, 0.4) is 0 Å². The first-order chi connectivity index (χ1) is 6.47. The third-order valence-corrected chi connectivity index (χ3v) is 3.55. The van der Waals surface area contributed by atoms with E-state index in [-0.39, 0.29) is 11.7 Å². The van der Waals surface area contributed by atoms with Crippen LogP contribution >= 0.6 is 0 Å². The maximum Gasteiger partial charge on any atom is 0.167 e. The summed E-state index contributed by atoms with van der Waals surface area (Å²) in [5, 5.41) is 10.2. The molecule has 1 saturated carbocycles. The molecule has 1 N–H and O–H groups in total. The predicted molar refractivity (Wildman–Crippen MR) is 57.0 cm³/mol. The van der Waals surface area contributed by atoms with Gasteiger partial charge in [-0.15, -0.1) is 0 Å². The van der Waals surface area contributed by atoms with Gasteiger partial charge in [-0.2, -0.15) is 0 Å². The van der Waals surface area contributed by atoms with Crippen molar-refractivity contribution in [1.82, 2.24) is 0 Å². The highest BCUT2D eigenvalue weighted by molar-refractivity contribution is 5.89. The first-order valence-corrected chi connectivity index (χ1v) is 5.74. The predicted octanol–water partition coefficient (Wildman–Crippen LogP) is 2.54. The van der Waals surface area contributed by atoms with Crippen molar-refractivity contribution in [3.8, 4) is 0 Å². The van der Waals surface area contributed by atoms with E-state index in [2.05, 4.69) is 0 Å². The average molecular weight is 198 g/mol. The second kappa shape index (κ2) is 4.43. The number of carbonyl (C=O) groups is 1. The molecule has 1 unspecified atom stereocenters. The molecule has 0 bridgehead atoms. The van der Waals surface area contributed by atoms with Crippen LogP contribution in [0.2, 0.25) is 0 Å². The van der Waals surface area contributed by atoms with Gasteiger partial charge in [0.1, 0.15) is 5.60 Å². The summed E-state index contributed by atoms with van der Waals surface area (Å²) in [6.07, 6.45) is 4.48. The van der Waals surface area contributed by atoms with Crippen LogP contribution in [0.4, 0.5) is 0 Å². The standard InChI is InChI=1S/C12H22O2/c1-9(2)10(3)11(13)12(14)7-5-4-6-8-12/h9-10,14H,4-8H2,1-3H3. The summed E-state index contributed by atoms with van der Waals surface area (Å²) in [6, 6.07) is 0. The van der Waals surface area contributed by atoms with Crippen LogP contribution in [-0.4, -0.2) is 16.5 Å². The molecule has 0 saturated heterocycles. The zero-order chi connectivity index (χ0) is 10.8. The minimum atomic E-state index is -0.998. The van der Waals surface area contributed by atoms with Crippen molar-refractivity contribution in [2.45, 2.75) is 58.5 Å². The third-order valence-electron chi connectivity index (χ3n) is 3.55. The Labute approximate surface area is 86.7 Å². The lowest BCUT2D eigenvalue weighted by Crippen LogP contribution is -2.44. The number of aliphatic hydroxyl groups is 1. The molecule has 0 aromatic rings. The van der Waals surface area contributed by atoms with Crippen molar-refractivity contribution < 1.29 is 9.90 Å². The fourth-order valence-corrected chi connectivity index (χ4v) is 2.11. The van der Waals surface area contributed by atoms with E-state index in [1.807, 2.05) is 20.8 Å². The summed E-state index contributed by atoms with van der Waals surface area (Å²) in [6.45, 7) is 6.00. The molecule has 82 valence electrons. The first-order valence-electron chi connectivity index (χ1n) is 5.74. The van der Waals surface area contributed by atoms with Gasteiger partial charge in [-0.25, -0.2) is 0 Å². The Morgan fingerprint density at radius 3 is 2.07 bits per heavy atom. The molecule has 2 heteroatoms. The summed E-state index contributed by atoms with van der Waals surface area (Å²) in [4.78, 5) is 12.0. The van der Waals surface area contributed by atoms with Crippen LogP contribution in [0.25, 0.3) is 0 Å². The highest BCUT2D eigenvalue weighted by atomic mass is 16.3. The van der Waals surface area contributed by atoms with Gasteiger partial charge in [0.2, 0.25) is 0 Å². The van der Waals surface area contributed by atoms with Crippen LogP contribution in [0.1, 0.15) is 52.9 Å². The zero-order valence-electron chi connectivity index (χ0n) is 9.55. The molecule has 0 aromatic carbocycles. The summed E-state index contributed by atoms with van der Waals surface area (Å²) >= 11 is 0. The number of hydrogen-bond donors (Lipinski definition) is 1. The molecule has 0 radical (unpaired) electrons. The summed E-state index contributed by atoms with van der Waals surface area (Å²) in [5.74, 6) is 0.374. The molecular weight excluding hydrogens is 176 g/mol. The van der Waals surface area contributed by atoms with Gasteiger partial charge in [0.15, 0.2) is 5.78 Å². The maximum atomic E-state index is 12.0. The van der Waals surface area contributed by atoms with Gasteiger partial charge in [0, 0.05) is 5.92 Å². The molecule has 2 nitrogen and oxygen atoms in total. The summed E-state index contributed by atoms with van der Waals surface area (Å²) in [7, 11) is 0. The van der Waals surface area contributed by atoms with Crippen molar-refractivity contribution in [2.24, 2.45) is 11.8 Å². The van der Waals surface area contributed by atoms with Crippen LogP contribution in [0, 0.1) is 11.8 Å². The van der Waals surface area contributed by atoms with Crippen molar-refractivity contribution in [2.75, 3.05) is 0 Å². The Balaban J connectivity index is 2.66. The van der Waals surface area contributed by atoms with Gasteiger partial charge in [0.25, 0.3) is 0 Å². The maximum absolute atomic E-state index is 12.0. The third kappa shape index (κ3) is 2.35. The lowest BCUT2D eigenvalue weighted by Gasteiger charge is -2.33. The molecule has 1 fully saturated rings.